The van der Waals surface area contributed by atoms with Crippen LogP contribution in [-0.2, 0) is 9.53 Å². The number of hydrogen-bond acceptors (Lipinski definition) is 3. The van der Waals surface area contributed by atoms with Crippen LogP contribution in [-0.4, -0.2) is 29.8 Å². The van der Waals surface area contributed by atoms with Crippen LogP contribution in [0.15, 0.2) is 0 Å². The molecule has 0 N–H and O–H groups in total. The number of carbonyl (C=O) groups excluding carboxylic acids is 1. The van der Waals surface area contributed by atoms with Crippen molar-refractivity contribution >= 4 is 17.7 Å². The van der Waals surface area contributed by atoms with E-state index >= 15 is 0 Å². The monoisotopic (exact) mass is 264 g/mol. The number of unbranched alkanes of at least 4 members (excludes halogenated alkanes) is 1. The Kier molecular flexibility index (Phi) is 10.7. The molecule has 0 aromatic heterocycles. The van der Waals surface area contributed by atoms with Crippen LogP contribution in [0.2, 0.25) is 0 Å². The van der Waals surface area contributed by atoms with Crippen molar-refractivity contribution in [1.29, 1.82) is 0 Å². The molecule has 102 valence electrons. The molecule has 2 unspecified atom stereocenters. The van der Waals surface area contributed by atoms with Gasteiger partial charge in [-0.15, -0.1) is 11.8 Å². The third kappa shape index (κ3) is 9.45. The third-order valence-electron chi connectivity index (χ3n) is 2.42. The maximum absolute atomic E-state index is 12.6. The average Bonchev–Trinajstić information content (AvgIpc) is 2.27. The van der Waals surface area contributed by atoms with Crippen molar-refractivity contribution in [3.63, 3.8) is 0 Å². The highest BCUT2D eigenvalue weighted by molar-refractivity contribution is 8.00. The summed E-state index contributed by atoms with van der Waals surface area (Å²) in [5.74, 6) is 0.814. The second-order valence-corrected chi connectivity index (χ2v) is 5.49. The van der Waals surface area contributed by atoms with Crippen LogP contribution in [0.5, 0.6) is 0 Å². The lowest BCUT2D eigenvalue weighted by atomic mass is 10.2. The fourth-order valence-electron chi connectivity index (χ4n) is 1.52. The highest BCUT2D eigenvalue weighted by Gasteiger charge is 2.18. The van der Waals surface area contributed by atoms with Gasteiger partial charge in [-0.1, -0.05) is 13.3 Å². The molecule has 0 aliphatic rings. The van der Waals surface area contributed by atoms with E-state index < -0.39 is 6.17 Å². The van der Waals surface area contributed by atoms with Gasteiger partial charge in [0.2, 0.25) is 0 Å². The van der Waals surface area contributed by atoms with Crippen molar-refractivity contribution in [2.24, 2.45) is 0 Å². The van der Waals surface area contributed by atoms with Gasteiger partial charge in [0.25, 0.3) is 0 Å². The minimum Gasteiger partial charge on any atom is -0.465 e. The molecule has 2 atom stereocenters. The first-order valence-corrected chi connectivity index (χ1v) is 7.59. The number of esters is 1. The topological polar surface area (TPSA) is 26.3 Å². The van der Waals surface area contributed by atoms with Crippen molar-refractivity contribution in [1.82, 2.24) is 0 Å². The lowest BCUT2D eigenvalue weighted by Crippen LogP contribution is -2.20. The van der Waals surface area contributed by atoms with E-state index in [1.807, 2.05) is 6.92 Å². The van der Waals surface area contributed by atoms with Gasteiger partial charge < -0.3 is 4.74 Å². The Hall–Kier alpha value is -0.250. The molecule has 0 aromatic carbocycles. The zero-order valence-corrected chi connectivity index (χ0v) is 12.0. The van der Waals surface area contributed by atoms with E-state index in [1.165, 1.54) is 0 Å². The van der Waals surface area contributed by atoms with E-state index in [9.17, 15) is 9.18 Å². The standard InChI is InChI=1S/C13H25FO2S/c1-4-8-12(13(15)16-5-2)17-10-7-6-9-11(3)14/h11-12H,4-10H2,1-3H3. The Labute approximate surface area is 109 Å². The summed E-state index contributed by atoms with van der Waals surface area (Å²) < 4.78 is 17.6. The highest BCUT2D eigenvalue weighted by atomic mass is 32.2. The fourth-order valence-corrected chi connectivity index (χ4v) is 2.78. The van der Waals surface area contributed by atoms with Gasteiger partial charge in [0.05, 0.1) is 12.8 Å². The molecule has 0 bridgehead atoms. The maximum atomic E-state index is 12.6. The number of alkyl halides is 1. The summed E-state index contributed by atoms with van der Waals surface area (Å²) in [6, 6.07) is 0. The molecule has 17 heavy (non-hydrogen) atoms. The van der Waals surface area contributed by atoms with E-state index in [0.717, 1.165) is 31.4 Å². The number of rotatable bonds is 10. The average molecular weight is 264 g/mol. The first kappa shape index (κ1) is 16.8. The van der Waals surface area contributed by atoms with E-state index in [4.69, 9.17) is 4.74 Å². The van der Waals surface area contributed by atoms with E-state index in [0.29, 0.717) is 13.0 Å². The van der Waals surface area contributed by atoms with Crippen LogP contribution in [0.4, 0.5) is 4.39 Å². The van der Waals surface area contributed by atoms with Gasteiger partial charge in [0.15, 0.2) is 0 Å². The Morgan fingerprint density at radius 2 is 2.00 bits per heavy atom. The summed E-state index contributed by atoms with van der Waals surface area (Å²) in [4.78, 5) is 11.6. The molecule has 0 heterocycles. The normalized spacial score (nSPS) is 14.4. The Morgan fingerprint density at radius 3 is 2.53 bits per heavy atom. The molecule has 2 nitrogen and oxygen atoms in total. The molecular formula is C13H25FO2S. The lowest BCUT2D eigenvalue weighted by molar-refractivity contribution is -0.142. The second kappa shape index (κ2) is 10.9. The molecule has 0 fully saturated rings. The van der Waals surface area contributed by atoms with Gasteiger partial charge in [-0.25, -0.2) is 4.39 Å². The third-order valence-corrected chi connectivity index (χ3v) is 3.77. The predicted octanol–water partition coefficient (Wildman–Crippen LogP) is 3.98. The van der Waals surface area contributed by atoms with Gasteiger partial charge in [-0.05, 0) is 45.3 Å². The minimum absolute atomic E-state index is 0.0391. The Morgan fingerprint density at radius 1 is 1.29 bits per heavy atom. The Bertz CT molecular complexity index is 198. The molecule has 0 aliphatic heterocycles. The lowest BCUT2D eigenvalue weighted by Gasteiger charge is -2.14. The SMILES string of the molecule is CCCC(SCCCCC(C)F)C(=O)OCC. The van der Waals surface area contributed by atoms with E-state index in [2.05, 4.69) is 6.92 Å². The molecular weight excluding hydrogens is 239 g/mol. The second-order valence-electron chi connectivity index (χ2n) is 4.18. The molecule has 0 saturated carbocycles. The molecule has 0 rings (SSSR count). The maximum Gasteiger partial charge on any atom is 0.319 e. The number of halogens is 1. The van der Waals surface area contributed by atoms with Gasteiger partial charge in [-0.3, -0.25) is 4.79 Å². The number of thioether (sulfide) groups is 1. The summed E-state index contributed by atoms with van der Waals surface area (Å²) in [6.45, 7) is 5.93. The van der Waals surface area contributed by atoms with Crippen LogP contribution in [0, 0.1) is 0 Å². The summed E-state index contributed by atoms with van der Waals surface area (Å²) in [6.07, 6.45) is 3.63. The zero-order valence-electron chi connectivity index (χ0n) is 11.2. The van der Waals surface area contributed by atoms with Crippen molar-refractivity contribution in [2.75, 3.05) is 12.4 Å². The van der Waals surface area contributed by atoms with Crippen LogP contribution in [0.1, 0.15) is 52.9 Å². The first-order chi connectivity index (χ1) is 8.11. The van der Waals surface area contributed by atoms with Gasteiger partial charge in [0, 0.05) is 0 Å². The zero-order chi connectivity index (χ0) is 13.1. The van der Waals surface area contributed by atoms with Gasteiger partial charge in [-0.2, -0.15) is 0 Å². The van der Waals surface area contributed by atoms with Gasteiger partial charge >= 0.3 is 5.97 Å². The first-order valence-electron chi connectivity index (χ1n) is 6.54. The van der Waals surface area contributed by atoms with Crippen molar-refractivity contribution in [3.05, 3.63) is 0 Å². The Balaban J connectivity index is 3.73. The minimum atomic E-state index is -0.712. The summed E-state index contributed by atoms with van der Waals surface area (Å²) in [5, 5.41) is -0.0391. The largest absolute Gasteiger partial charge is 0.465 e. The number of hydrogen-bond donors (Lipinski definition) is 0. The van der Waals surface area contributed by atoms with Gasteiger partial charge in [0.1, 0.15) is 5.25 Å². The van der Waals surface area contributed by atoms with Crippen LogP contribution in [0.3, 0.4) is 0 Å². The quantitative estimate of drug-likeness (QED) is 0.441. The smallest absolute Gasteiger partial charge is 0.319 e. The molecule has 0 aliphatic carbocycles. The van der Waals surface area contributed by atoms with Crippen LogP contribution >= 0.6 is 11.8 Å². The fraction of sp³-hybridized carbons (Fsp3) is 0.923. The predicted molar refractivity (Wildman–Crippen MR) is 72.2 cm³/mol. The van der Waals surface area contributed by atoms with Crippen LogP contribution in [0.25, 0.3) is 0 Å². The van der Waals surface area contributed by atoms with Crippen molar-refractivity contribution in [2.45, 2.75) is 64.3 Å². The molecule has 0 aromatic rings. The summed E-state index contributed by atoms with van der Waals surface area (Å²) in [7, 11) is 0. The molecule has 0 saturated heterocycles. The molecule has 0 spiro atoms. The molecule has 0 amide bonds. The van der Waals surface area contributed by atoms with Crippen molar-refractivity contribution in [3.8, 4) is 0 Å². The van der Waals surface area contributed by atoms with Crippen molar-refractivity contribution < 1.29 is 13.9 Å². The highest BCUT2D eigenvalue weighted by Crippen LogP contribution is 2.20. The molecule has 4 heteroatoms. The summed E-state index contributed by atoms with van der Waals surface area (Å²) >= 11 is 1.65. The van der Waals surface area contributed by atoms with E-state index in [1.54, 1.807) is 18.7 Å². The van der Waals surface area contributed by atoms with E-state index in [-0.39, 0.29) is 11.2 Å². The summed E-state index contributed by atoms with van der Waals surface area (Å²) in [5.41, 5.74) is 0. The number of carbonyl (C=O) groups is 1. The number of ether oxygens (including phenoxy) is 1. The van der Waals surface area contributed by atoms with Crippen LogP contribution < -0.4 is 0 Å². The molecule has 0 radical (unpaired) electrons.